The number of halogens is 3. The van der Waals surface area contributed by atoms with Crippen molar-refractivity contribution in [2.75, 3.05) is 7.11 Å². The molecule has 5 nitrogen and oxygen atoms in total. The van der Waals surface area contributed by atoms with Crippen molar-refractivity contribution >= 4 is 10.1 Å². The summed E-state index contributed by atoms with van der Waals surface area (Å²) in [7, 11) is -4.26. The fraction of sp³-hybridized carbons (Fsp3) is 0.385. The molecule has 0 aromatic heterocycles. The van der Waals surface area contributed by atoms with E-state index in [4.69, 9.17) is 9.47 Å². The predicted molar refractivity (Wildman–Crippen MR) is 70.2 cm³/mol. The third-order valence-electron chi connectivity index (χ3n) is 2.94. The lowest BCUT2D eigenvalue weighted by molar-refractivity contribution is -0.0600. The molecule has 1 heterocycles. The number of methoxy groups -OCH3 is 1. The van der Waals surface area contributed by atoms with Crippen LogP contribution in [0.5, 0.6) is 5.75 Å². The quantitative estimate of drug-likeness (QED) is 0.623. The molecule has 0 amide bonds. The SMILES string of the molecule is COc1cccc(C2CCC=C(OS(=O)(=O)C(F)(F)F)O2)c1. The van der Waals surface area contributed by atoms with Gasteiger partial charge in [0.15, 0.2) is 0 Å². The van der Waals surface area contributed by atoms with Crippen LogP contribution in [0.25, 0.3) is 0 Å². The summed E-state index contributed by atoms with van der Waals surface area (Å²) >= 11 is 0. The van der Waals surface area contributed by atoms with Crippen LogP contribution in [0.3, 0.4) is 0 Å². The fourth-order valence-electron chi connectivity index (χ4n) is 1.89. The number of benzene rings is 1. The zero-order valence-corrected chi connectivity index (χ0v) is 12.3. The van der Waals surface area contributed by atoms with Gasteiger partial charge in [0.1, 0.15) is 11.9 Å². The number of alkyl halides is 3. The van der Waals surface area contributed by atoms with Gasteiger partial charge in [0, 0.05) is 0 Å². The Labute approximate surface area is 125 Å². The highest BCUT2D eigenvalue weighted by Crippen LogP contribution is 2.34. The van der Waals surface area contributed by atoms with E-state index in [1.54, 1.807) is 24.3 Å². The van der Waals surface area contributed by atoms with Crippen LogP contribution in [-0.2, 0) is 19.0 Å². The first-order valence-electron chi connectivity index (χ1n) is 6.24. The third kappa shape index (κ3) is 3.65. The topological polar surface area (TPSA) is 61.8 Å². The highest BCUT2D eigenvalue weighted by Gasteiger charge is 2.49. The highest BCUT2D eigenvalue weighted by molar-refractivity contribution is 7.87. The minimum atomic E-state index is -5.73. The van der Waals surface area contributed by atoms with Gasteiger partial charge < -0.3 is 13.7 Å². The van der Waals surface area contributed by atoms with Crippen molar-refractivity contribution in [1.29, 1.82) is 0 Å². The van der Waals surface area contributed by atoms with Crippen LogP contribution in [0.1, 0.15) is 24.5 Å². The first-order valence-corrected chi connectivity index (χ1v) is 7.65. The smallest absolute Gasteiger partial charge is 0.497 e. The zero-order chi connectivity index (χ0) is 16.4. The van der Waals surface area contributed by atoms with Crippen LogP contribution >= 0.6 is 0 Å². The Morgan fingerprint density at radius 1 is 1.32 bits per heavy atom. The molecule has 1 aromatic carbocycles. The molecule has 0 bridgehead atoms. The normalized spacial score (nSPS) is 19.1. The van der Waals surface area contributed by atoms with Gasteiger partial charge in [-0.25, -0.2) is 0 Å². The van der Waals surface area contributed by atoms with Crippen molar-refractivity contribution in [3.05, 3.63) is 41.9 Å². The molecular weight excluding hydrogens is 325 g/mol. The van der Waals surface area contributed by atoms with E-state index in [0.717, 1.165) is 0 Å². The van der Waals surface area contributed by atoms with Gasteiger partial charge in [-0.05, 0) is 36.6 Å². The van der Waals surface area contributed by atoms with E-state index in [0.29, 0.717) is 24.2 Å². The molecule has 0 saturated carbocycles. The molecule has 0 aliphatic carbocycles. The minimum Gasteiger partial charge on any atom is -0.497 e. The lowest BCUT2D eigenvalue weighted by Crippen LogP contribution is -2.26. The summed E-state index contributed by atoms with van der Waals surface area (Å²) in [5, 5.41) is 0. The summed E-state index contributed by atoms with van der Waals surface area (Å²) in [6, 6.07) is 6.76. The number of rotatable bonds is 4. The maximum Gasteiger partial charge on any atom is 0.534 e. The average molecular weight is 338 g/mol. The molecule has 1 unspecified atom stereocenters. The van der Waals surface area contributed by atoms with Crippen LogP contribution in [0.15, 0.2) is 36.3 Å². The standard InChI is InChI=1S/C13H13F3O5S/c1-19-10-5-2-4-9(8-10)11-6-3-7-12(20-11)21-22(17,18)13(14,15)16/h2,4-5,7-8,11H,3,6H2,1H3. The van der Waals surface area contributed by atoms with Crippen LogP contribution in [0.2, 0.25) is 0 Å². The lowest BCUT2D eigenvalue weighted by Gasteiger charge is -2.24. The molecule has 0 N–H and O–H groups in total. The van der Waals surface area contributed by atoms with Gasteiger partial charge in [-0.3, -0.25) is 0 Å². The Hall–Kier alpha value is -1.90. The average Bonchev–Trinajstić information content (AvgIpc) is 2.46. The number of hydrogen-bond acceptors (Lipinski definition) is 5. The molecule has 0 radical (unpaired) electrons. The second-order valence-corrected chi connectivity index (χ2v) is 6.00. The molecule has 9 heteroatoms. The predicted octanol–water partition coefficient (Wildman–Crippen LogP) is 3.25. The van der Waals surface area contributed by atoms with Crippen molar-refractivity contribution in [2.45, 2.75) is 24.5 Å². The largest absolute Gasteiger partial charge is 0.534 e. The summed E-state index contributed by atoms with van der Waals surface area (Å²) in [5.41, 5.74) is -4.85. The third-order valence-corrected chi connectivity index (χ3v) is 3.89. The summed E-state index contributed by atoms with van der Waals surface area (Å²) < 4.78 is 73.1. The molecular formula is C13H13F3O5S. The van der Waals surface area contributed by atoms with Crippen molar-refractivity contribution in [1.82, 2.24) is 0 Å². The fourth-order valence-corrected chi connectivity index (χ4v) is 2.30. The first kappa shape index (κ1) is 16.5. The van der Waals surface area contributed by atoms with Gasteiger partial charge in [0.25, 0.3) is 5.95 Å². The van der Waals surface area contributed by atoms with Gasteiger partial charge in [-0.15, -0.1) is 0 Å². The second kappa shape index (κ2) is 6.07. The van der Waals surface area contributed by atoms with Gasteiger partial charge in [0.2, 0.25) is 0 Å². The molecule has 122 valence electrons. The maximum absolute atomic E-state index is 12.3. The molecule has 1 aliphatic rings. The Bertz CT molecular complexity index is 666. The Kier molecular flexibility index (Phi) is 4.55. The van der Waals surface area contributed by atoms with E-state index in [-0.39, 0.29) is 0 Å². The van der Waals surface area contributed by atoms with E-state index < -0.39 is 27.7 Å². The molecule has 1 atom stereocenters. The van der Waals surface area contributed by atoms with Crippen molar-refractivity contribution < 1.29 is 35.2 Å². The monoisotopic (exact) mass is 338 g/mol. The minimum absolute atomic E-state index is 0.324. The van der Waals surface area contributed by atoms with E-state index in [9.17, 15) is 21.6 Å². The van der Waals surface area contributed by atoms with Crippen LogP contribution < -0.4 is 4.74 Å². The summed E-state index contributed by atoms with van der Waals surface area (Å²) in [5.74, 6) is -0.113. The number of hydrogen-bond donors (Lipinski definition) is 0. The summed E-state index contributed by atoms with van der Waals surface area (Å²) in [4.78, 5) is 0. The van der Waals surface area contributed by atoms with E-state index in [1.807, 2.05) is 0 Å². The lowest BCUT2D eigenvalue weighted by atomic mass is 10.0. The van der Waals surface area contributed by atoms with E-state index in [1.165, 1.54) is 13.2 Å². The van der Waals surface area contributed by atoms with Crippen LogP contribution in [-0.4, -0.2) is 21.0 Å². The van der Waals surface area contributed by atoms with Gasteiger partial charge in [-0.1, -0.05) is 12.1 Å². The summed E-state index contributed by atoms with van der Waals surface area (Å²) in [6.07, 6.45) is 1.36. The van der Waals surface area contributed by atoms with Crippen LogP contribution in [0.4, 0.5) is 13.2 Å². The maximum atomic E-state index is 12.3. The molecule has 1 aromatic rings. The Morgan fingerprint density at radius 3 is 2.68 bits per heavy atom. The Morgan fingerprint density at radius 2 is 2.05 bits per heavy atom. The molecule has 1 aliphatic heterocycles. The van der Waals surface area contributed by atoms with Gasteiger partial charge in [-0.2, -0.15) is 21.6 Å². The van der Waals surface area contributed by atoms with E-state index >= 15 is 0 Å². The van der Waals surface area contributed by atoms with Gasteiger partial charge in [0.05, 0.1) is 7.11 Å². The van der Waals surface area contributed by atoms with E-state index in [2.05, 4.69) is 4.18 Å². The molecule has 2 rings (SSSR count). The van der Waals surface area contributed by atoms with Gasteiger partial charge >= 0.3 is 15.6 Å². The number of ether oxygens (including phenoxy) is 2. The molecule has 22 heavy (non-hydrogen) atoms. The molecule has 0 saturated heterocycles. The molecule has 0 spiro atoms. The summed E-state index contributed by atoms with van der Waals surface area (Å²) in [6.45, 7) is 0. The number of allylic oxidation sites excluding steroid dienone is 1. The Balaban J connectivity index is 2.13. The highest BCUT2D eigenvalue weighted by atomic mass is 32.2. The second-order valence-electron chi connectivity index (χ2n) is 4.47. The molecule has 0 fully saturated rings. The van der Waals surface area contributed by atoms with Crippen molar-refractivity contribution in [3.63, 3.8) is 0 Å². The first-order chi connectivity index (χ1) is 10.2. The van der Waals surface area contributed by atoms with Crippen molar-refractivity contribution in [3.8, 4) is 5.75 Å². The van der Waals surface area contributed by atoms with Crippen molar-refractivity contribution in [2.24, 2.45) is 0 Å². The zero-order valence-electron chi connectivity index (χ0n) is 11.5. The van der Waals surface area contributed by atoms with Crippen LogP contribution in [0, 0.1) is 0 Å².